The lowest BCUT2D eigenvalue weighted by molar-refractivity contribution is -0.384. The van der Waals surface area contributed by atoms with Gasteiger partial charge < -0.3 is 10.2 Å². The van der Waals surface area contributed by atoms with E-state index in [0.29, 0.717) is 5.69 Å². The summed E-state index contributed by atoms with van der Waals surface area (Å²) in [7, 11) is 3.26. The second-order valence-corrected chi connectivity index (χ2v) is 5.24. The van der Waals surface area contributed by atoms with Crippen molar-refractivity contribution in [3.05, 3.63) is 33.9 Å². The first kappa shape index (κ1) is 15.9. The highest BCUT2D eigenvalue weighted by molar-refractivity contribution is 6.00. The number of hydrogen-bond acceptors (Lipinski definition) is 4. The van der Waals surface area contributed by atoms with Crippen LogP contribution in [0.3, 0.4) is 0 Å². The third-order valence-electron chi connectivity index (χ3n) is 3.80. The van der Waals surface area contributed by atoms with E-state index in [0.717, 1.165) is 6.42 Å². The smallest absolute Gasteiger partial charge is 0.305 e. The van der Waals surface area contributed by atoms with Gasteiger partial charge in [0.1, 0.15) is 11.3 Å². The lowest BCUT2D eigenvalue weighted by atomic mass is 9.98. The predicted octanol–water partition coefficient (Wildman–Crippen LogP) is 2.90. The Balaban J connectivity index is 3.33. The van der Waals surface area contributed by atoms with Crippen LogP contribution in [-0.2, 0) is 0 Å². The normalized spacial score (nSPS) is 11.1. The van der Waals surface area contributed by atoms with Crippen molar-refractivity contribution in [2.24, 2.45) is 0 Å². The Morgan fingerprint density at radius 1 is 1.45 bits per heavy atom. The Labute approximate surface area is 118 Å². The predicted molar refractivity (Wildman–Crippen MR) is 79.1 cm³/mol. The van der Waals surface area contributed by atoms with Crippen molar-refractivity contribution in [1.82, 2.24) is 4.90 Å². The molecule has 1 N–H and O–H groups in total. The third kappa shape index (κ3) is 2.89. The summed E-state index contributed by atoms with van der Waals surface area (Å²) in [5, 5.41) is 14.0. The van der Waals surface area contributed by atoms with Crippen molar-refractivity contribution < 1.29 is 9.72 Å². The summed E-state index contributed by atoms with van der Waals surface area (Å²) in [4.78, 5) is 24.8. The van der Waals surface area contributed by atoms with Crippen molar-refractivity contribution in [1.29, 1.82) is 0 Å². The highest BCUT2D eigenvalue weighted by Gasteiger charge is 2.31. The number of nitrogens with one attached hydrogen (secondary N) is 1. The topological polar surface area (TPSA) is 75.5 Å². The zero-order chi connectivity index (χ0) is 15.5. The van der Waals surface area contributed by atoms with Crippen LogP contribution in [0.2, 0.25) is 0 Å². The van der Waals surface area contributed by atoms with Crippen LogP contribution in [0.5, 0.6) is 0 Å². The molecule has 0 aliphatic carbocycles. The summed E-state index contributed by atoms with van der Waals surface area (Å²) < 4.78 is 0. The molecule has 0 aliphatic rings. The molecule has 0 fully saturated rings. The highest BCUT2D eigenvalue weighted by atomic mass is 16.6. The number of para-hydroxylation sites is 1. The molecule has 0 saturated carbocycles. The fourth-order valence-electron chi connectivity index (χ4n) is 1.81. The Bertz CT molecular complexity index is 526. The second-order valence-electron chi connectivity index (χ2n) is 5.24. The van der Waals surface area contributed by atoms with E-state index in [1.165, 1.54) is 6.07 Å². The molecule has 0 spiro atoms. The molecular formula is C14H21N3O3. The minimum Gasteiger partial charge on any atom is -0.383 e. The average molecular weight is 279 g/mol. The van der Waals surface area contributed by atoms with Crippen LogP contribution in [0, 0.1) is 10.1 Å². The Hall–Kier alpha value is -2.11. The number of benzene rings is 1. The van der Waals surface area contributed by atoms with Gasteiger partial charge in [0.25, 0.3) is 5.91 Å². The Morgan fingerprint density at radius 3 is 2.50 bits per heavy atom. The number of nitrogens with zero attached hydrogens (tertiary/aromatic N) is 2. The third-order valence-corrected chi connectivity index (χ3v) is 3.80. The summed E-state index contributed by atoms with van der Waals surface area (Å²) in [5.74, 6) is -0.347. The van der Waals surface area contributed by atoms with E-state index in [4.69, 9.17) is 0 Å². The molecule has 1 rings (SSSR count). The van der Waals surface area contributed by atoms with Gasteiger partial charge in [0, 0.05) is 19.6 Å². The second kappa shape index (κ2) is 5.90. The van der Waals surface area contributed by atoms with Gasteiger partial charge >= 0.3 is 5.69 Å². The van der Waals surface area contributed by atoms with Crippen molar-refractivity contribution in [2.45, 2.75) is 32.7 Å². The lowest BCUT2D eigenvalue weighted by Gasteiger charge is -2.34. The first-order chi connectivity index (χ1) is 9.26. The minimum absolute atomic E-state index is 0.103. The molecule has 0 radical (unpaired) electrons. The van der Waals surface area contributed by atoms with Crippen molar-refractivity contribution >= 4 is 17.3 Å². The molecule has 0 aliphatic heterocycles. The average Bonchev–Trinajstić information content (AvgIpc) is 2.44. The first-order valence-corrected chi connectivity index (χ1v) is 6.49. The SMILES string of the molecule is CCC(C)(C)N(C)C(=O)c1cccc(NC)c1[N+](=O)[O-]. The number of nitro groups is 1. The van der Waals surface area contributed by atoms with Gasteiger partial charge in [-0.1, -0.05) is 13.0 Å². The van der Waals surface area contributed by atoms with E-state index in [-0.39, 0.29) is 22.7 Å². The van der Waals surface area contributed by atoms with Crippen molar-refractivity contribution in [2.75, 3.05) is 19.4 Å². The van der Waals surface area contributed by atoms with Gasteiger partial charge in [-0.25, -0.2) is 0 Å². The molecule has 0 atom stereocenters. The largest absolute Gasteiger partial charge is 0.383 e. The quantitative estimate of drug-likeness (QED) is 0.664. The van der Waals surface area contributed by atoms with Crippen LogP contribution < -0.4 is 5.32 Å². The standard InChI is InChI=1S/C14H21N3O3/c1-6-14(2,3)16(5)13(18)10-8-7-9-11(15-4)12(10)17(19)20/h7-9,15H,6H2,1-5H3. The summed E-state index contributed by atoms with van der Waals surface area (Å²) in [5.41, 5.74) is -0.103. The molecule has 1 aromatic rings. The highest BCUT2D eigenvalue weighted by Crippen LogP contribution is 2.30. The van der Waals surface area contributed by atoms with Crippen LogP contribution in [0.1, 0.15) is 37.6 Å². The summed E-state index contributed by atoms with van der Waals surface area (Å²) in [6.45, 7) is 5.83. The number of carbonyl (C=O) groups is 1. The number of hydrogen-bond donors (Lipinski definition) is 1. The van der Waals surface area contributed by atoms with Crippen molar-refractivity contribution in [3.63, 3.8) is 0 Å². The van der Waals surface area contributed by atoms with Gasteiger partial charge in [0.2, 0.25) is 0 Å². The monoisotopic (exact) mass is 279 g/mol. The molecule has 0 saturated heterocycles. The summed E-state index contributed by atoms with van der Waals surface area (Å²) >= 11 is 0. The molecular weight excluding hydrogens is 258 g/mol. The molecule has 1 aromatic carbocycles. The van der Waals surface area contributed by atoms with Gasteiger partial charge in [-0.15, -0.1) is 0 Å². The Kier molecular flexibility index (Phi) is 4.70. The van der Waals surface area contributed by atoms with Gasteiger partial charge in [-0.05, 0) is 32.4 Å². The van der Waals surface area contributed by atoms with Crippen LogP contribution in [0.25, 0.3) is 0 Å². The molecule has 0 unspecified atom stereocenters. The molecule has 0 heterocycles. The maximum atomic E-state index is 12.5. The van der Waals surface area contributed by atoms with Crippen LogP contribution in [0.4, 0.5) is 11.4 Å². The molecule has 20 heavy (non-hydrogen) atoms. The molecule has 110 valence electrons. The maximum Gasteiger partial charge on any atom is 0.305 e. The summed E-state index contributed by atoms with van der Waals surface area (Å²) in [6.07, 6.45) is 0.759. The van der Waals surface area contributed by atoms with E-state index >= 15 is 0 Å². The number of rotatable bonds is 5. The van der Waals surface area contributed by atoms with E-state index in [9.17, 15) is 14.9 Å². The molecule has 6 heteroatoms. The number of amides is 1. The van der Waals surface area contributed by atoms with E-state index in [1.807, 2.05) is 20.8 Å². The van der Waals surface area contributed by atoms with E-state index < -0.39 is 4.92 Å². The number of carbonyl (C=O) groups excluding carboxylic acids is 1. The molecule has 1 amide bonds. The lowest BCUT2D eigenvalue weighted by Crippen LogP contribution is -2.44. The minimum atomic E-state index is -0.522. The summed E-state index contributed by atoms with van der Waals surface area (Å²) in [6, 6.07) is 4.71. The van der Waals surface area contributed by atoms with Gasteiger partial charge in [-0.2, -0.15) is 0 Å². The zero-order valence-electron chi connectivity index (χ0n) is 12.6. The van der Waals surface area contributed by atoms with Crippen molar-refractivity contribution in [3.8, 4) is 0 Å². The molecule has 0 bridgehead atoms. The molecule has 6 nitrogen and oxygen atoms in total. The first-order valence-electron chi connectivity index (χ1n) is 6.49. The van der Waals surface area contributed by atoms with E-state index in [2.05, 4.69) is 5.32 Å². The van der Waals surface area contributed by atoms with Crippen LogP contribution in [-0.4, -0.2) is 35.4 Å². The van der Waals surface area contributed by atoms with Crippen LogP contribution in [0.15, 0.2) is 18.2 Å². The number of nitro benzene ring substituents is 1. The van der Waals surface area contributed by atoms with E-state index in [1.54, 1.807) is 31.1 Å². The maximum absolute atomic E-state index is 12.5. The fourth-order valence-corrected chi connectivity index (χ4v) is 1.81. The molecule has 0 aromatic heterocycles. The van der Waals surface area contributed by atoms with Crippen LogP contribution >= 0.6 is 0 Å². The fraction of sp³-hybridized carbons (Fsp3) is 0.500. The number of anilines is 1. The van der Waals surface area contributed by atoms with Gasteiger partial charge in [0.15, 0.2) is 0 Å². The van der Waals surface area contributed by atoms with Gasteiger partial charge in [0.05, 0.1) is 4.92 Å². The van der Waals surface area contributed by atoms with Gasteiger partial charge in [-0.3, -0.25) is 14.9 Å². The Morgan fingerprint density at radius 2 is 2.05 bits per heavy atom. The zero-order valence-corrected chi connectivity index (χ0v) is 12.6.